The summed E-state index contributed by atoms with van der Waals surface area (Å²) in [4.78, 5) is 2.47. The molecule has 0 radical (unpaired) electrons. The van der Waals surface area contributed by atoms with E-state index >= 15 is 0 Å². The van der Waals surface area contributed by atoms with E-state index in [-0.39, 0.29) is 5.82 Å². The normalized spacial score (nSPS) is 21.8. The second kappa shape index (κ2) is 6.57. The number of hydrogen-bond donors (Lipinski definition) is 0. The zero-order valence-corrected chi connectivity index (χ0v) is 14.3. The number of benzene rings is 1. The van der Waals surface area contributed by atoms with Gasteiger partial charge in [-0.2, -0.15) is 0 Å². The first kappa shape index (κ1) is 16.0. The topological polar surface area (TPSA) is 3.24 Å². The fourth-order valence-electron chi connectivity index (χ4n) is 3.14. The van der Waals surface area contributed by atoms with E-state index in [0.29, 0.717) is 5.41 Å². The molecule has 0 spiro atoms. The summed E-state index contributed by atoms with van der Waals surface area (Å²) >= 11 is 3.37. The lowest BCUT2D eigenvalue weighted by molar-refractivity contribution is 0.206. The molecule has 1 nitrogen and oxygen atoms in total. The molecule has 112 valence electrons. The van der Waals surface area contributed by atoms with Crippen molar-refractivity contribution in [3.63, 3.8) is 0 Å². The summed E-state index contributed by atoms with van der Waals surface area (Å²) in [6.45, 7) is 10.1. The van der Waals surface area contributed by atoms with E-state index in [1.54, 1.807) is 6.07 Å². The number of halogens is 2. The Hall–Kier alpha value is -0.410. The van der Waals surface area contributed by atoms with E-state index in [0.717, 1.165) is 35.6 Å². The van der Waals surface area contributed by atoms with Crippen LogP contribution in [0.2, 0.25) is 0 Å². The molecule has 2 rings (SSSR count). The van der Waals surface area contributed by atoms with Gasteiger partial charge >= 0.3 is 0 Å². The number of nitrogens with zero attached hydrogens (tertiary/aromatic N) is 1. The SMILES string of the molecule is CC(C)(C)C1CCCN(Cc2cc(F)cc(Br)c2)CC1. The van der Waals surface area contributed by atoms with Gasteiger partial charge in [-0.05, 0) is 67.4 Å². The second-order valence-corrected chi connectivity index (χ2v) is 7.96. The average Bonchev–Trinajstić information content (AvgIpc) is 2.52. The second-order valence-electron chi connectivity index (χ2n) is 7.05. The van der Waals surface area contributed by atoms with Crippen molar-refractivity contribution in [3.8, 4) is 0 Å². The van der Waals surface area contributed by atoms with Gasteiger partial charge in [-0.25, -0.2) is 4.39 Å². The fraction of sp³-hybridized carbons (Fsp3) is 0.647. The van der Waals surface area contributed by atoms with Crippen LogP contribution >= 0.6 is 15.9 Å². The molecule has 0 bridgehead atoms. The Labute approximate surface area is 130 Å². The summed E-state index contributed by atoms with van der Waals surface area (Å²) < 4.78 is 14.3. The van der Waals surface area contributed by atoms with Crippen molar-refractivity contribution in [2.45, 2.75) is 46.6 Å². The van der Waals surface area contributed by atoms with E-state index in [4.69, 9.17) is 0 Å². The van der Waals surface area contributed by atoms with Crippen molar-refractivity contribution >= 4 is 15.9 Å². The summed E-state index contributed by atoms with van der Waals surface area (Å²) in [6, 6.07) is 5.19. The van der Waals surface area contributed by atoms with Crippen LogP contribution in [0, 0.1) is 17.2 Å². The predicted molar refractivity (Wildman–Crippen MR) is 86.2 cm³/mol. The summed E-state index contributed by atoms with van der Waals surface area (Å²) in [5.41, 5.74) is 1.46. The minimum Gasteiger partial charge on any atom is -0.299 e. The van der Waals surface area contributed by atoms with E-state index < -0.39 is 0 Å². The first-order valence-corrected chi connectivity index (χ1v) is 8.31. The summed E-state index contributed by atoms with van der Waals surface area (Å²) in [5.74, 6) is 0.642. The summed E-state index contributed by atoms with van der Waals surface area (Å²) in [7, 11) is 0. The van der Waals surface area contributed by atoms with E-state index in [2.05, 4.69) is 41.6 Å². The standard InChI is InChI=1S/C17H25BrFN/c1-17(2,3)14-5-4-7-20(8-6-14)12-13-9-15(18)11-16(19)10-13/h9-11,14H,4-8,12H2,1-3H3. The molecule has 1 atom stereocenters. The third-order valence-corrected chi connectivity index (χ3v) is 4.83. The molecule has 0 N–H and O–H groups in total. The van der Waals surface area contributed by atoms with Crippen LogP contribution in [0.3, 0.4) is 0 Å². The highest BCUT2D eigenvalue weighted by Crippen LogP contribution is 2.34. The van der Waals surface area contributed by atoms with Crippen LogP contribution in [-0.4, -0.2) is 18.0 Å². The molecule has 1 unspecified atom stereocenters. The van der Waals surface area contributed by atoms with E-state index in [1.807, 2.05) is 6.07 Å². The first-order chi connectivity index (χ1) is 9.34. The maximum Gasteiger partial charge on any atom is 0.124 e. The summed E-state index contributed by atoms with van der Waals surface area (Å²) in [6.07, 6.45) is 3.81. The first-order valence-electron chi connectivity index (χ1n) is 7.52. The molecule has 1 aromatic rings. The van der Waals surface area contributed by atoms with Gasteiger partial charge in [-0.1, -0.05) is 36.7 Å². The van der Waals surface area contributed by atoms with Gasteiger partial charge in [-0.3, -0.25) is 4.90 Å². The van der Waals surface area contributed by atoms with Crippen molar-refractivity contribution in [2.75, 3.05) is 13.1 Å². The molecule has 0 saturated carbocycles. The molecular weight excluding hydrogens is 317 g/mol. The smallest absolute Gasteiger partial charge is 0.124 e. The molecule has 20 heavy (non-hydrogen) atoms. The minimum absolute atomic E-state index is 0.156. The zero-order chi connectivity index (χ0) is 14.8. The van der Waals surface area contributed by atoms with Gasteiger partial charge < -0.3 is 0 Å². The number of hydrogen-bond acceptors (Lipinski definition) is 1. The Morgan fingerprint density at radius 3 is 2.60 bits per heavy atom. The average molecular weight is 342 g/mol. The highest BCUT2D eigenvalue weighted by atomic mass is 79.9. The Morgan fingerprint density at radius 2 is 1.95 bits per heavy atom. The molecule has 1 saturated heterocycles. The van der Waals surface area contributed by atoms with Crippen LogP contribution in [0.5, 0.6) is 0 Å². The maximum absolute atomic E-state index is 13.4. The Balaban J connectivity index is 1.97. The molecule has 0 aliphatic carbocycles. The van der Waals surface area contributed by atoms with Gasteiger partial charge in [0.15, 0.2) is 0 Å². The maximum atomic E-state index is 13.4. The van der Waals surface area contributed by atoms with Crippen molar-refractivity contribution < 1.29 is 4.39 Å². The van der Waals surface area contributed by atoms with Gasteiger partial charge in [0.25, 0.3) is 0 Å². The van der Waals surface area contributed by atoms with Gasteiger partial charge in [0, 0.05) is 11.0 Å². The van der Waals surface area contributed by atoms with Gasteiger partial charge in [0.2, 0.25) is 0 Å². The lowest BCUT2D eigenvalue weighted by atomic mass is 9.77. The molecule has 0 amide bonds. The fourth-order valence-corrected chi connectivity index (χ4v) is 3.65. The molecule has 1 aliphatic rings. The van der Waals surface area contributed by atoms with Crippen molar-refractivity contribution in [2.24, 2.45) is 11.3 Å². The van der Waals surface area contributed by atoms with Crippen LogP contribution in [0.4, 0.5) is 4.39 Å². The third kappa shape index (κ3) is 4.56. The van der Waals surface area contributed by atoms with Crippen LogP contribution in [0.25, 0.3) is 0 Å². The van der Waals surface area contributed by atoms with Crippen molar-refractivity contribution in [1.82, 2.24) is 4.90 Å². The quantitative estimate of drug-likeness (QED) is 0.711. The molecule has 1 aliphatic heterocycles. The molecule has 0 aromatic heterocycles. The van der Waals surface area contributed by atoms with Crippen molar-refractivity contribution in [1.29, 1.82) is 0 Å². The van der Waals surface area contributed by atoms with Crippen molar-refractivity contribution in [3.05, 3.63) is 34.1 Å². The van der Waals surface area contributed by atoms with Gasteiger partial charge in [0.1, 0.15) is 5.82 Å². The lowest BCUT2D eigenvalue weighted by Crippen LogP contribution is -2.26. The highest BCUT2D eigenvalue weighted by molar-refractivity contribution is 9.10. The van der Waals surface area contributed by atoms with Crippen LogP contribution < -0.4 is 0 Å². The third-order valence-electron chi connectivity index (χ3n) is 4.37. The summed E-state index contributed by atoms with van der Waals surface area (Å²) in [5, 5.41) is 0. The van der Waals surface area contributed by atoms with Crippen LogP contribution in [0.1, 0.15) is 45.6 Å². The van der Waals surface area contributed by atoms with Crippen LogP contribution in [0.15, 0.2) is 22.7 Å². The Bertz CT molecular complexity index is 433. The molecular formula is C17H25BrFN. The van der Waals surface area contributed by atoms with E-state index in [9.17, 15) is 4.39 Å². The molecule has 1 aromatic carbocycles. The Morgan fingerprint density at radius 1 is 1.20 bits per heavy atom. The molecule has 1 fully saturated rings. The largest absolute Gasteiger partial charge is 0.299 e. The number of rotatable bonds is 2. The number of likely N-dealkylation sites (tertiary alicyclic amines) is 1. The van der Waals surface area contributed by atoms with Gasteiger partial charge in [0.05, 0.1) is 0 Å². The van der Waals surface area contributed by atoms with Gasteiger partial charge in [-0.15, -0.1) is 0 Å². The Kier molecular flexibility index (Phi) is 5.25. The monoisotopic (exact) mass is 341 g/mol. The molecule has 1 heterocycles. The lowest BCUT2D eigenvalue weighted by Gasteiger charge is -2.29. The van der Waals surface area contributed by atoms with E-state index in [1.165, 1.54) is 25.3 Å². The predicted octanol–water partition coefficient (Wildman–Crippen LogP) is 5.24. The highest BCUT2D eigenvalue weighted by Gasteiger charge is 2.26. The minimum atomic E-state index is -0.156. The molecule has 3 heteroatoms. The zero-order valence-electron chi connectivity index (χ0n) is 12.8. The van der Waals surface area contributed by atoms with Crippen LogP contribution in [-0.2, 0) is 6.54 Å².